The van der Waals surface area contributed by atoms with E-state index in [9.17, 15) is 9.59 Å². The van der Waals surface area contributed by atoms with E-state index >= 15 is 0 Å². The van der Waals surface area contributed by atoms with Crippen molar-refractivity contribution in [3.8, 4) is 0 Å². The van der Waals surface area contributed by atoms with Gasteiger partial charge in [0.1, 0.15) is 5.56 Å². The number of aromatic amines is 1. The Morgan fingerprint density at radius 1 is 1.38 bits per heavy atom. The maximum Gasteiger partial charge on any atom is 0.342 e. The quantitative estimate of drug-likeness (QED) is 0.645. The number of hydrogen-bond donors (Lipinski definition) is 2. The van der Waals surface area contributed by atoms with E-state index in [-0.39, 0.29) is 5.91 Å². The fourth-order valence-corrected chi connectivity index (χ4v) is 2.56. The van der Waals surface area contributed by atoms with Crippen LogP contribution in [0.15, 0.2) is 17.8 Å². The van der Waals surface area contributed by atoms with Gasteiger partial charge in [0.05, 0.1) is 12.3 Å². The zero-order chi connectivity index (χ0) is 15.2. The van der Waals surface area contributed by atoms with Crippen LogP contribution in [0.2, 0.25) is 0 Å². The molecule has 1 aliphatic rings. The SMILES string of the molecule is CCOC(=O)c1c(NC(=O)CC2=CCCCC2)c[nH]c1C. The van der Waals surface area contributed by atoms with Gasteiger partial charge in [-0.2, -0.15) is 0 Å². The summed E-state index contributed by atoms with van der Waals surface area (Å²) < 4.78 is 5.02. The summed E-state index contributed by atoms with van der Waals surface area (Å²) in [5.74, 6) is -0.504. The molecule has 5 nitrogen and oxygen atoms in total. The van der Waals surface area contributed by atoms with Gasteiger partial charge in [0.15, 0.2) is 0 Å². The molecule has 1 aliphatic carbocycles. The number of rotatable bonds is 5. The molecule has 2 N–H and O–H groups in total. The van der Waals surface area contributed by atoms with Gasteiger partial charge in [0, 0.05) is 18.3 Å². The van der Waals surface area contributed by atoms with E-state index in [4.69, 9.17) is 4.74 Å². The third-order valence-electron chi connectivity index (χ3n) is 3.60. The Bertz CT molecular complexity index is 558. The molecule has 114 valence electrons. The monoisotopic (exact) mass is 290 g/mol. The van der Waals surface area contributed by atoms with E-state index < -0.39 is 5.97 Å². The highest BCUT2D eigenvalue weighted by molar-refractivity contribution is 6.02. The fraction of sp³-hybridized carbons (Fsp3) is 0.500. The molecule has 1 amide bonds. The topological polar surface area (TPSA) is 71.2 Å². The van der Waals surface area contributed by atoms with E-state index in [2.05, 4.69) is 16.4 Å². The van der Waals surface area contributed by atoms with Crippen LogP contribution in [0.4, 0.5) is 5.69 Å². The Morgan fingerprint density at radius 2 is 2.19 bits per heavy atom. The number of carbonyl (C=O) groups excluding carboxylic acids is 2. The number of allylic oxidation sites excluding steroid dienone is 1. The highest BCUT2D eigenvalue weighted by Crippen LogP contribution is 2.23. The van der Waals surface area contributed by atoms with E-state index in [1.807, 2.05) is 0 Å². The Hall–Kier alpha value is -2.04. The summed E-state index contributed by atoms with van der Waals surface area (Å²) in [6.07, 6.45) is 8.58. The van der Waals surface area contributed by atoms with Gasteiger partial charge in [-0.1, -0.05) is 11.6 Å². The number of aryl methyl sites for hydroxylation is 1. The minimum absolute atomic E-state index is 0.0901. The summed E-state index contributed by atoms with van der Waals surface area (Å²) in [5.41, 5.74) is 2.78. The lowest BCUT2D eigenvalue weighted by Crippen LogP contribution is -2.16. The summed E-state index contributed by atoms with van der Waals surface area (Å²) >= 11 is 0. The normalized spacial score (nSPS) is 14.5. The van der Waals surface area contributed by atoms with Gasteiger partial charge in [-0.15, -0.1) is 0 Å². The van der Waals surface area contributed by atoms with Crippen molar-refractivity contribution < 1.29 is 14.3 Å². The van der Waals surface area contributed by atoms with Gasteiger partial charge in [0.2, 0.25) is 5.91 Å². The number of aromatic nitrogens is 1. The van der Waals surface area contributed by atoms with Crippen molar-refractivity contribution >= 4 is 17.6 Å². The summed E-state index contributed by atoms with van der Waals surface area (Å²) in [7, 11) is 0. The predicted octanol–water partition coefficient (Wildman–Crippen LogP) is 3.33. The van der Waals surface area contributed by atoms with Gasteiger partial charge in [-0.25, -0.2) is 4.79 Å². The Morgan fingerprint density at radius 3 is 2.86 bits per heavy atom. The molecule has 1 heterocycles. The summed E-state index contributed by atoms with van der Waals surface area (Å²) in [6.45, 7) is 3.85. The largest absolute Gasteiger partial charge is 0.462 e. The van der Waals surface area contributed by atoms with Gasteiger partial charge in [-0.3, -0.25) is 4.79 Å². The van der Waals surface area contributed by atoms with Crippen molar-refractivity contribution in [3.05, 3.63) is 29.1 Å². The van der Waals surface area contributed by atoms with Crippen molar-refractivity contribution in [2.45, 2.75) is 46.0 Å². The first-order valence-corrected chi connectivity index (χ1v) is 7.44. The van der Waals surface area contributed by atoms with Gasteiger partial charge < -0.3 is 15.0 Å². The van der Waals surface area contributed by atoms with Crippen LogP contribution < -0.4 is 5.32 Å². The molecule has 0 unspecified atom stereocenters. The molecule has 0 saturated heterocycles. The molecule has 0 atom stereocenters. The molecule has 2 rings (SSSR count). The average Bonchev–Trinajstić information content (AvgIpc) is 2.81. The number of hydrogen-bond acceptors (Lipinski definition) is 3. The molecule has 0 aromatic carbocycles. The zero-order valence-electron chi connectivity index (χ0n) is 12.6. The molecule has 0 spiro atoms. The van der Waals surface area contributed by atoms with Crippen molar-refractivity contribution in [1.29, 1.82) is 0 Å². The molecule has 1 aromatic heterocycles. The van der Waals surface area contributed by atoms with Gasteiger partial charge in [-0.05, 0) is 39.5 Å². The number of esters is 1. The molecule has 0 radical (unpaired) electrons. The standard InChI is InChI=1S/C16H22N2O3/c1-3-21-16(20)15-11(2)17-10-13(15)18-14(19)9-12-7-5-4-6-8-12/h7,10,17H,3-6,8-9H2,1-2H3,(H,18,19). The molecule has 0 aliphatic heterocycles. The fourth-order valence-electron chi connectivity index (χ4n) is 2.56. The highest BCUT2D eigenvalue weighted by atomic mass is 16.5. The number of amides is 1. The minimum atomic E-state index is -0.413. The van der Waals surface area contributed by atoms with Gasteiger partial charge >= 0.3 is 5.97 Å². The first kappa shape index (κ1) is 15.4. The third kappa shape index (κ3) is 3.97. The number of anilines is 1. The first-order valence-electron chi connectivity index (χ1n) is 7.44. The average molecular weight is 290 g/mol. The lowest BCUT2D eigenvalue weighted by molar-refractivity contribution is -0.115. The second kappa shape index (κ2) is 7.11. The van der Waals surface area contributed by atoms with Crippen LogP contribution in [-0.2, 0) is 9.53 Å². The Labute approximate surface area is 124 Å². The molecule has 0 fully saturated rings. The van der Waals surface area contributed by atoms with Crippen LogP contribution in [0.3, 0.4) is 0 Å². The van der Waals surface area contributed by atoms with E-state index in [0.29, 0.717) is 30.0 Å². The minimum Gasteiger partial charge on any atom is -0.462 e. The number of nitrogens with one attached hydrogen (secondary N) is 2. The highest BCUT2D eigenvalue weighted by Gasteiger charge is 2.19. The lowest BCUT2D eigenvalue weighted by Gasteiger charge is -2.12. The molecule has 0 bridgehead atoms. The smallest absolute Gasteiger partial charge is 0.342 e. The maximum absolute atomic E-state index is 12.1. The van der Waals surface area contributed by atoms with Crippen molar-refractivity contribution in [1.82, 2.24) is 4.98 Å². The molecule has 5 heteroatoms. The molecule has 1 aromatic rings. The number of ether oxygens (including phenoxy) is 1. The Kier molecular flexibility index (Phi) is 5.20. The van der Waals surface area contributed by atoms with Crippen molar-refractivity contribution in [2.75, 3.05) is 11.9 Å². The van der Waals surface area contributed by atoms with Gasteiger partial charge in [0.25, 0.3) is 0 Å². The lowest BCUT2D eigenvalue weighted by atomic mass is 9.97. The van der Waals surface area contributed by atoms with Crippen LogP contribution in [-0.4, -0.2) is 23.5 Å². The summed E-state index contributed by atoms with van der Waals surface area (Å²) in [4.78, 5) is 27.0. The zero-order valence-corrected chi connectivity index (χ0v) is 12.6. The van der Waals surface area contributed by atoms with Crippen LogP contribution in [0.25, 0.3) is 0 Å². The summed E-state index contributed by atoms with van der Waals surface area (Å²) in [6, 6.07) is 0. The van der Waals surface area contributed by atoms with Crippen LogP contribution in [0.1, 0.15) is 55.1 Å². The third-order valence-corrected chi connectivity index (χ3v) is 3.60. The van der Waals surface area contributed by atoms with Crippen molar-refractivity contribution in [2.24, 2.45) is 0 Å². The molecular formula is C16H22N2O3. The second-order valence-corrected chi connectivity index (χ2v) is 5.26. The second-order valence-electron chi connectivity index (χ2n) is 5.26. The van der Waals surface area contributed by atoms with Crippen molar-refractivity contribution in [3.63, 3.8) is 0 Å². The maximum atomic E-state index is 12.1. The predicted molar refractivity (Wildman–Crippen MR) is 81.3 cm³/mol. The Balaban J connectivity index is 2.03. The first-order chi connectivity index (χ1) is 10.1. The molecule has 21 heavy (non-hydrogen) atoms. The van der Waals surface area contributed by atoms with E-state index in [0.717, 1.165) is 19.3 Å². The summed E-state index contributed by atoms with van der Waals surface area (Å²) in [5, 5.41) is 2.81. The van der Waals surface area contributed by atoms with Crippen LogP contribution >= 0.6 is 0 Å². The van der Waals surface area contributed by atoms with E-state index in [1.165, 1.54) is 12.0 Å². The van der Waals surface area contributed by atoms with Crippen LogP contribution in [0, 0.1) is 6.92 Å². The van der Waals surface area contributed by atoms with Crippen LogP contribution in [0.5, 0.6) is 0 Å². The molecular weight excluding hydrogens is 268 g/mol. The number of H-pyrrole nitrogens is 1. The van der Waals surface area contributed by atoms with E-state index in [1.54, 1.807) is 20.0 Å². The number of carbonyl (C=O) groups is 2. The molecule has 0 saturated carbocycles.